The van der Waals surface area contributed by atoms with Gasteiger partial charge in [0.15, 0.2) is 0 Å². The number of halogens is 1. The first-order valence-electron chi connectivity index (χ1n) is 13.6. The Kier molecular flexibility index (Phi) is 11.6. The second-order valence-electron chi connectivity index (χ2n) is 10.1. The van der Waals surface area contributed by atoms with Gasteiger partial charge >= 0.3 is 0 Å². The van der Waals surface area contributed by atoms with Gasteiger partial charge in [-0.15, -0.1) is 0 Å². The van der Waals surface area contributed by atoms with Crippen molar-refractivity contribution in [1.29, 1.82) is 0 Å². The Morgan fingerprint density at radius 2 is 1.57 bits per heavy atom. The molecule has 0 heterocycles. The monoisotopic (exact) mass is 615 g/mol. The summed E-state index contributed by atoms with van der Waals surface area (Å²) in [6.45, 7) is 5.72. The van der Waals surface area contributed by atoms with Crippen LogP contribution in [0.1, 0.15) is 32.8 Å². The van der Waals surface area contributed by atoms with Crippen molar-refractivity contribution in [3.05, 3.63) is 83.4 Å². The molecule has 0 spiro atoms. The second-order valence-corrected chi connectivity index (χ2v) is 12.4. The lowest BCUT2D eigenvalue weighted by atomic mass is 10.1. The molecule has 3 aromatic carbocycles. The van der Waals surface area contributed by atoms with Crippen LogP contribution >= 0.6 is 11.6 Å². The second kappa shape index (κ2) is 14.9. The summed E-state index contributed by atoms with van der Waals surface area (Å²) in [6, 6.07) is 18.6. The van der Waals surface area contributed by atoms with Gasteiger partial charge in [-0.2, -0.15) is 0 Å². The summed E-state index contributed by atoms with van der Waals surface area (Å²) in [5.41, 5.74) is 0.928. The predicted octanol–water partition coefficient (Wildman–Crippen LogP) is 5.13. The van der Waals surface area contributed by atoms with Gasteiger partial charge in [0.1, 0.15) is 24.1 Å². The van der Waals surface area contributed by atoms with Crippen molar-refractivity contribution in [1.82, 2.24) is 10.2 Å². The molecule has 1 N–H and O–H groups in total. The lowest BCUT2D eigenvalue weighted by molar-refractivity contribution is -0.140. The van der Waals surface area contributed by atoms with Gasteiger partial charge in [0.2, 0.25) is 11.8 Å². The summed E-state index contributed by atoms with van der Waals surface area (Å²) in [6.07, 6.45) is 0.323. The molecule has 2 amide bonds. The fraction of sp³-hybridized carbons (Fsp3) is 0.355. The maximum Gasteiger partial charge on any atom is 0.264 e. The van der Waals surface area contributed by atoms with Crippen molar-refractivity contribution in [2.45, 2.75) is 44.7 Å². The minimum atomic E-state index is -4.26. The highest BCUT2D eigenvalue weighted by Crippen LogP contribution is 2.33. The number of carbonyl (C=O) groups excluding carboxylic acids is 2. The van der Waals surface area contributed by atoms with Gasteiger partial charge in [-0.3, -0.25) is 13.9 Å². The molecule has 3 rings (SSSR count). The molecule has 0 aliphatic carbocycles. The number of amides is 2. The summed E-state index contributed by atoms with van der Waals surface area (Å²) < 4.78 is 39.8. The zero-order chi connectivity index (χ0) is 30.9. The minimum Gasteiger partial charge on any atom is -0.497 e. The highest BCUT2D eigenvalue weighted by molar-refractivity contribution is 7.92. The van der Waals surface area contributed by atoms with Crippen LogP contribution in [0, 0.1) is 5.92 Å². The van der Waals surface area contributed by atoms with E-state index in [-0.39, 0.29) is 34.7 Å². The van der Waals surface area contributed by atoms with Gasteiger partial charge in [-0.05, 0) is 66.4 Å². The number of methoxy groups -OCH3 is 2. The molecule has 226 valence electrons. The SMILES string of the molecule is CC[C@H](C(=O)NCC(C)C)N(Cc1ccc(Cl)cc1)C(=O)CN(c1ccccc1OC)S(=O)(=O)c1ccc(OC)cc1. The number of sulfonamides is 1. The smallest absolute Gasteiger partial charge is 0.264 e. The fourth-order valence-electron chi connectivity index (χ4n) is 4.35. The van der Waals surface area contributed by atoms with Gasteiger partial charge in [0, 0.05) is 18.1 Å². The number of benzene rings is 3. The number of nitrogens with zero attached hydrogens (tertiary/aromatic N) is 2. The van der Waals surface area contributed by atoms with E-state index in [1.807, 2.05) is 20.8 Å². The van der Waals surface area contributed by atoms with Gasteiger partial charge in [0.25, 0.3) is 10.0 Å². The summed E-state index contributed by atoms with van der Waals surface area (Å²) in [4.78, 5) is 28.9. The summed E-state index contributed by atoms with van der Waals surface area (Å²) in [7, 11) is -1.35. The molecule has 0 bridgehead atoms. The molecule has 9 nitrogen and oxygen atoms in total. The zero-order valence-electron chi connectivity index (χ0n) is 24.5. The molecule has 0 aliphatic rings. The van der Waals surface area contributed by atoms with Gasteiger partial charge < -0.3 is 19.7 Å². The van der Waals surface area contributed by atoms with E-state index < -0.39 is 28.5 Å². The Hall–Kier alpha value is -3.76. The number of anilines is 1. The number of carbonyl (C=O) groups is 2. The molecule has 0 aromatic heterocycles. The van der Waals surface area contributed by atoms with E-state index >= 15 is 0 Å². The number of hydrogen-bond donors (Lipinski definition) is 1. The largest absolute Gasteiger partial charge is 0.497 e. The van der Waals surface area contributed by atoms with Crippen molar-refractivity contribution >= 4 is 39.1 Å². The number of ether oxygens (including phenoxy) is 2. The van der Waals surface area contributed by atoms with Gasteiger partial charge in [-0.1, -0.05) is 56.6 Å². The van der Waals surface area contributed by atoms with Crippen LogP contribution in [0.5, 0.6) is 11.5 Å². The van der Waals surface area contributed by atoms with E-state index in [4.69, 9.17) is 21.1 Å². The lowest BCUT2D eigenvalue weighted by Crippen LogP contribution is -2.52. The van der Waals surface area contributed by atoms with Gasteiger partial charge in [-0.25, -0.2) is 8.42 Å². The highest BCUT2D eigenvalue weighted by atomic mass is 35.5. The highest BCUT2D eigenvalue weighted by Gasteiger charge is 2.34. The number of hydrogen-bond acceptors (Lipinski definition) is 6. The molecular formula is C31H38ClN3O6S. The third-order valence-electron chi connectivity index (χ3n) is 6.62. The average Bonchev–Trinajstić information content (AvgIpc) is 2.99. The van der Waals surface area contributed by atoms with Crippen LogP contribution < -0.4 is 19.1 Å². The molecule has 1 atom stereocenters. The van der Waals surface area contributed by atoms with Crippen molar-refractivity contribution in [2.24, 2.45) is 5.92 Å². The maximum absolute atomic E-state index is 14.2. The first kappa shape index (κ1) is 32.8. The average molecular weight is 616 g/mol. The normalized spacial score (nSPS) is 12.0. The van der Waals surface area contributed by atoms with Crippen LogP contribution in [0.4, 0.5) is 5.69 Å². The van der Waals surface area contributed by atoms with Crippen LogP contribution in [0.15, 0.2) is 77.7 Å². The Morgan fingerprint density at radius 1 is 0.929 bits per heavy atom. The van der Waals surface area contributed by atoms with Crippen molar-refractivity contribution < 1.29 is 27.5 Å². The molecule has 0 saturated heterocycles. The zero-order valence-corrected chi connectivity index (χ0v) is 26.1. The Balaban J connectivity index is 2.08. The van der Waals surface area contributed by atoms with E-state index in [1.54, 1.807) is 48.5 Å². The molecular weight excluding hydrogens is 578 g/mol. The van der Waals surface area contributed by atoms with E-state index in [9.17, 15) is 18.0 Å². The molecule has 0 fully saturated rings. The van der Waals surface area contributed by atoms with Crippen LogP contribution in [-0.2, 0) is 26.2 Å². The van der Waals surface area contributed by atoms with Crippen LogP contribution in [0.25, 0.3) is 0 Å². The van der Waals surface area contributed by atoms with Crippen molar-refractivity contribution in [3.8, 4) is 11.5 Å². The summed E-state index contributed by atoms with van der Waals surface area (Å²) in [5, 5.41) is 3.45. The van der Waals surface area contributed by atoms with Gasteiger partial charge in [0.05, 0.1) is 24.8 Å². The summed E-state index contributed by atoms with van der Waals surface area (Å²) in [5.74, 6) is 0.104. The Labute approximate surface area is 253 Å². The van der Waals surface area contributed by atoms with E-state index in [0.29, 0.717) is 23.7 Å². The minimum absolute atomic E-state index is 0.0343. The standard InChI is InChI=1S/C31H38ClN3O6S/c1-6-27(31(37)33-19-22(2)3)34(20-23-11-13-24(32)14-12-23)30(36)21-35(28-9-7-8-10-29(28)41-5)42(38,39)26-17-15-25(40-4)16-18-26/h7-18,22,27H,6,19-21H2,1-5H3,(H,33,37)/t27-/m1/s1. The lowest BCUT2D eigenvalue weighted by Gasteiger charge is -2.33. The Bertz CT molecular complexity index is 1450. The molecule has 42 heavy (non-hydrogen) atoms. The molecule has 0 aliphatic heterocycles. The maximum atomic E-state index is 14.2. The number of para-hydroxylation sites is 2. The van der Waals surface area contributed by atoms with Crippen LogP contribution in [0.3, 0.4) is 0 Å². The van der Waals surface area contributed by atoms with E-state index in [0.717, 1.165) is 9.87 Å². The van der Waals surface area contributed by atoms with Crippen LogP contribution in [0.2, 0.25) is 5.02 Å². The molecule has 11 heteroatoms. The third-order valence-corrected chi connectivity index (χ3v) is 8.64. The number of rotatable bonds is 14. The van der Waals surface area contributed by atoms with E-state index in [2.05, 4.69) is 5.32 Å². The third kappa shape index (κ3) is 8.17. The topological polar surface area (TPSA) is 105 Å². The number of nitrogens with one attached hydrogen (secondary N) is 1. The first-order valence-corrected chi connectivity index (χ1v) is 15.4. The van der Waals surface area contributed by atoms with Crippen molar-refractivity contribution in [3.63, 3.8) is 0 Å². The molecule has 0 radical (unpaired) electrons. The first-order chi connectivity index (χ1) is 20.0. The quantitative estimate of drug-likeness (QED) is 0.270. The molecule has 0 saturated carbocycles. The molecule has 3 aromatic rings. The molecule has 0 unspecified atom stereocenters. The Morgan fingerprint density at radius 3 is 2.14 bits per heavy atom. The van der Waals surface area contributed by atoms with Crippen LogP contribution in [-0.4, -0.2) is 58.5 Å². The van der Waals surface area contributed by atoms with E-state index in [1.165, 1.54) is 43.4 Å². The van der Waals surface area contributed by atoms with Crippen molar-refractivity contribution in [2.75, 3.05) is 31.6 Å². The fourth-order valence-corrected chi connectivity index (χ4v) is 5.90. The summed E-state index contributed by atoms with van der Waals surface area (Å²) >= 11 is 6.08. The predicted molar refractivity (Wildman–Crippen MR) is 164 cm³/mol.